The molecule has 9 nitrogen and oxygen atoms in total. The minimum Gasteiger partial charge on any atom is -0.466 e. The molecule has 2 aliphatic heterocycles. The summed E-state index contributed by atoms with van der Waals surface area (Å²) in [7, 11) is -3.55. The number of piperidine rings is 2. The maximum Gasteiger partial charge on any atom is 0.309 e. The van der Waals surface area contributed by atoms with Crippen molar-refractivity contribution in [1.82, 2.24) is 19.0 Å². The number of ether oxygens (including phenoxy) is 1. The number of benzene rings is 1. The summed E-state index contributed by atoms with van der Waals surface area (Å²) in [4.78, 5) is 14.6. The molecule has 180 valence electrons. The third kappa shape index (κ3) is 5.53. The third-order valence-corrected chi connectivity index (χ3v) is 8.37. The zero-order valence-electron chi connectivity index (χ0n) is 18.8. The predicted molar refractivity (Wildman–Crippen MR) is 124 cm³/mol. The highest BCUT2D eigenvalue weighted by molar-refractivity contribution is 7.89. The number of esters is 1. The molecule has 0 atom stereocenters. The lowest BCUT2D eigenvalue weighted by atomic mass is 9.97. The van der Waals surface area contributed by atoms with E-state index in [1.54, 1.807) is 33.3 Å². The van der Waals surface area contributed by atoms with Crippen molar-refractivity contribution in [3.8, 4) is 11.5 Å². The monoisotopic (exact) mass is 494 g/mol. The summed E-state index contributed by atoms with van der Waals surface area (Å²) >= 11 is 5.36. The van der Waals surface area contributed by atoms with Crippen LogP contribution in [0.4, 0.5) is 0 Å². The highest BCUT2D eigenvalue weighted by Crippen LogP contribution is 2.26. The Labute approximate surface area is 199 Å². The van der Waals surface area contributed by atoms with Crippen molar-refractivity contribution in [3.05, 3.63) is 29.1 Å². The van der Waals surface area contributed by atoms with Gasteiger partial charge >= 0.3 is 5.97 Å². The van der Waals surface area contributed by atoms with E-state index in [1.165, 1.54) is 0 Å². The Balaban J connectivity index is 1.45. The zero-order chi connectivity index (χ0) is 23.4. The first-order valence-corrected chi connectivity index (χ1v) is 13.3. The molecule has 0 radical (unpaired) electrons. The molecule has 3 heterocycles. The molecule has 0 aliphatic carbocycles. The molecule has 0 spiro atoms. The van der Waals surface area contributed by atoms with Crippen molar-refractivity contribution in [2.75, 3.05) is 32.8 Å². The van der Waals surface area contributed by atoms with Crippen LogP contribution in [0.2, 0.25) is 0 Å². The lowest BCUT2D eigenvalue weighted by Gasteiger charge is -2.30. The van der Waals surface area contributed by atoms with Crippen molar-refractivity contribution in [3.63, 3.8) is 0 Å². The minimum atomic E-state index is -3.55. The van der Waals surface area contributed by atoms with Crippen LogP contribution in [0.25, 0.3) is 11.5 Å². The van der Waals surface area contributed by atoms with Crippen LogP contribution in [0.1, 0.15) is 39.0 Å². The van der Waals surface area contributed by atoms with Crippen molar-refractivity contribution in [2.24, 2.45) is 5.92 Å². The Kier molecular flexibility index (Phi) is 7.62. The van der Waals surface area contributed by atoms with E-state index in [9.17, 15) is 13.2 Å². The summed E-state index contributed by atoms with van der Waals surface area (Å²) in [5.74, 6) is 0.0978. The van der Waals surface area contributed by atoms with E-state index in [4.69, 9.17) is 21.4 Å². The van der Waals surface area contributed by atoms with Crippen LogP contribution >= 0.6 is 12.2 Å². The van der Waals surface area contributed by atoms with E-state index in [2.05, 4.69) is 10.00 Å². The molecule has 0 unspecified atom stereocenters. The third-order valence-electron chi connectivity index (χ3n) is 6.18. The predicted octanol–water partition coefficient (Wildman–Crippen LogP) is 3.28. The lowest BCUT2D eigenvalue weighted by Crippen LogP contribution is -2.38. The second-order valence-electron chi connectivity index (χ2n) is 8.45. The molecule has 0 bridgehead atoms. The van der Waals surface area contributed by atoms with E-state index in [-0.39, 0.29) is 27.5 Å². The smallest absolute Gasteiger partial charge is 0.309 e. The Morgan fingerprint density at radius 3 is 2.61 bits per heavy atom. The molecule has 1 aromatic carbocycles. The number of carbonyl (C=O) groups is 1. The average Bonchev–Trinajstić information content (AvgIpc) is 3.20. The number of likely N-dealkylation sites (tertiary alicyclic amines) is 1. The molecule has 2 aliphatic rings. The van der Waals surface area contributed by atoms with Gasteiger partial charge in [0.2, 0.25) is 15.9 Å². The summed E-state index contributed by atoms with van der Waals surface area (Å²) in [6, 6.07) is 6.67. The SMILES string of the molecule is CCOC(=O)C1CCN(Cn2nc(-c3cccc(S(=O)(=O)N4CCCCC4)c3)oc2=S)CC1. The molecular weight excluding hydrogens is 464 g/mol. The van der Waals surface area contributed by atoms with Gasteiger partial charge in [-0.3, -0.25) is 9.69 Å². The van der Waals surface area contributed by atoms with Gasteiger partial charge in [0, 0.05) is 31.7 Å². The van der Waals surface area contributed by atoms with Crippen molar-refractivity contribution in [2.45, 2.75) is 50.6 Å². The van der Waals surface area contributed by atoms with Gasteiger partial charge in [0.05, 0.1) is 24.1 Å². The number of carbonyl (C=O) groups excluding carboxylic acids is 1. The molecule has 0 amide bonds. The maximum atomic E-state index is 13.0. The highest BCUT2D eigenvalue weighted by atomic mass is 32.2. The van der Waals surface area contributed by atoms with Crippen LogP contribution in [0.3, 0.4) is 0 Å². The van der Waals surface area contributed by atoms with Crippen LogP contribution < -0.4 is 0 Å². The van der Waals surface area contributed by atoms with Crippen LogP contribution in [0, 0.1) is 10.8 Å². The number of nitrogens with zero attached hydrogens (tertiary/aromatic N) is 4. The molecule has 2 aromatic rings. The first-order valence-electron chi connectivity index (χ1n) is 11.5. The van der Waals surface area contributed by atoms with E-state index in [0.29, 0.717) is 31.9 Å². The van der Waals surface area contributed by atoms with Crippen LogP contribution in [-0.2, 0) is 26.2 Å². The number of aromatic nitrogens is 2. The van der Waals surface area contributed by atoms with Gasteiger partial charge in [-0.1, -0.05) is 12.5 Å². The lowest BCUT2D eigenvalue weighted by molar-refractivity contribution is -0.149. The Morgan fingerprint density at radius 2 is 1.91 bits per heavy atom. The van der Waals surface area contributed by atoms with Gasteiger partial charge in [-0.25, -0.2) is 13.1 Å². The number of hydrogen-bond acceptors (Lipinski definition) is 8. The van der Waals surface area contributed by atoms with E-state index >= 15 is 0 Å². The van der Waals surface area contributed by atoms with E-state index in [0.717, 1.165) is 45.2 Å². The summed E-state index contributed by atoms with van der Waals surface area (Å²) in [5.41, 5.74) is 0.568. The fraction of sp³-hybridized carbons (Fsp3) is 0.591. The molecule has 11 heteroatoms. The maximum absolute atomic E-state index is 13.0. The second kappa shape index (κ2) is 10.5. The van der Waals surface area contributed by atoms with Gasteiger partial charge in [0.25, 0.3) is 4.84 Å². The quantitative estimate of drug-likeness (QED) is 0.427. The molecule has 4 rings (SSSR count). The molecule has 2 saturated heterocycles. The minimum absolute atomic E-state index is 0.0633. The van der Waals surface area contributed by atoms with Crippen molar-refractivity contribution in [1.29, 1.82) is 0 Å². The molecule has 0 saturated carbocycles. The number of rotatable bonds is 7. The fourth-order valence-corrected chi connectivity index (χ4v) is 6.06. The number of sulfonamides is 1. The summed E-state index contributed by atoms with van der Waals surface area (Å²) in [5, 5.41) is 4.50. The first kappa shape index (κ1) is 24.1. The van der Waals surface area contributed by atoms with Crippen LogP contribution in [0.5, 0.6) is 0 Å². The molecule has 0 N–H and O–H groups in total. The second-order valence-corrected chi connectivity index (χ2v) is 10.7. The molecule has 2 fully saturated rings. The van der Waals surface area contributed by atoms with E-state index < -0.39 is 10.0 Å². The van der Waals surface area contributed by atoms with E-state index in [1.807, 2.05) is 6.92 Å². The fourth-order valence-electron chi connectivity index (χ4n) is 4.32. The zero-order valence-corrected chi connectivity index (χ0v) is 20.4. The van der Waals surface area contributed by atoms with Gasteiger partial charge in [-0.15, -0.1) is 5.10 Å². The van der Waals surface area contributed by atoms with Gasteiger partial charge in [0.15, 0.2) is 0 Å². The Bertz CT molecular complexity index is 1130. The summed E-state index contributed by atoms with van der Waals surface area (Å²) < 4.78 is 40.0. The summed E-state index contributed by atoms with van der Waals surface area (Å²) in [6.45, 7) is 5.23. The van der Waals surface area contributed by atoms with Crippen molar-refractivity contribution < 1.29 is 22.4 Å². The normalized spacial score (nSPS) is 18.9. The molecule has 33 heavy (non-hydrogen) atoms. The van der Waals surface area contributed by atoms with Crippen molar-refractivity contribution >= 4 is 28.2 Å². The first-order chi connectivity index (χ1) is 15.9. The summed E-state index contributed by atoms with van der Waals surface area (Å²) in [6.07, 6.45) is 4.29. The standard InChI is InChI=1S/C22H30N4O5S2/c1-2-30-21(27)17-9-13-24(14-10-17)16-26-22(32)31-20(23-26)18-7-6-8-19(15-18)33(28,29)25-11-4-3-5-12-25/h6-8,15,17H,2-5,9-14,16H2,1H3. The van der Waals surface area contributed by atoms with Gasteiger partial charge in [-0.05, 0) is 63.0 Å². The molecular formula is C22H30N4O5S2. The largest absolute Gasteiger partial charge is 0.466 e. The Hall–Kier alpha value is -2.08. The average molecular weight is 495 g/mol. The van der Waals surface area contributed by atoms with Crippen LogP contribution in [0.15, 0.2) is 33.6 Å². The van der Waals surface area contributed by atoms with Gasteiger partial charge < -0.3 is 9.15 Å². The Morgan fingerprint density at radius 1 is 1.18 bits per heavy atom. The number of hydrogen-bond donors (Lipinski definition) is 0. The molecule has 1 aromatic heterocycles. The topological polar surface area (TPSA) is 97.9 Å². The van der Waals surface area contributed by atoms with Gasteiger partial charge in [0.1, 0.15) is 0 Å². The highest BCUT2D eigenvalue weighted by Gasteiger charge is 2.28. The van der Waals surface area contributed by atoms with Gasteiger partial charge in [-0.2, -0.15) is 4.31 Å². The van der Waals surface area contributed by atoms with Crippen LogP contribution in [-0.4, -0.2) is 66.2 Å².